The molecule has 142 valence electrons. The lowest BCUT2D eigenvalue weighted by molar-refractivity contribution is 0.0957. The largest absolute Gasteiger partial charge is 0.496 e. The molecule has 2 aromatic rings. The van der Waals surface area contributed by atoms with Gasteiger partial charge in [-0.1, -0.05) is 12.1 Å². The molecule has 0 radical (unpaired) electrons. The van der Waals surface area contributed by atoms with E-state index in [0.29, 0.717) is 21.9 Å². The van der Waals surface area contributed by atoms with Crippen LogP contribution in [0.3, 0.4) is 0 Å². The molecule has 0 bridgehead atoms. The summed E-state index contributed by atoms with van der Waals surface area (Å²) < 4.78 is 5.24. The third kappa shape index (κ3) is 3.80. The molecule has 0 fully saturated rings. The summed E-state index contributed by atoms with van der Waals surface area (Å²) in [6.07, 6.45) is 2.59. The van der Waals surface area contributed by atoms with Crippen molar-refractivity contribution >= 4 is 34.2 Å². The first kappa shape index (κ1) is 18.9. The Hall–Kier alpha value is -2.87. The number of fused-ring (bicyclic) bond motifs is 1. The highest BCUT2D eigenvalue weighted by molar-refractivity contribution is 7.17. The number of nitrogens with one attached hydrogen (secondary N) is 2. The highest BCUT2D eigenvalue weighted by atomic mass is 32.1. The number of anilines is 1. The van der Waals surface area contributed by atoms with Gasteiger partial charge in [0.25, 0.3) is 11.8 Å². The molecule has 0 unspecified atom stereocenters. The van der Waals surface area contributed by atoms with Crippen LogP contribution in [0.15, 0.2) is 24.3 Å². The summed E-state index contributed by atoms with van der Waals surface area (Å²) in [5, 5.41) is 5.65. The van der Waals surface area contributed by atoms with Crippen LogP contribution in [0, 0.1) is 0 Å². The molecule has 8 heteroatoms. The number of benzene rings is 1. The van der Waals surface area contributed by atoms with Gasteiger partial charge in [0, 0.05) is 19.0 Å². The van der Waals surface area contributed by atoms with Gasteiger partial charge in [0.05, 0.1) is 18.2 Å². The van der Waals surface area contributed by atoms with Gasteiger partial charge in [0.15, 0.2) is 0 Å². The first-order valence-electron chi connectivity index (χ1n) is 8.54. The number of amides is 4. The van der Waals surface area contributed by atoms with Crippen molar-refractivity contribution in [2.24, 2.45) is 0 Å². The number of ether oxygens (including phenoxy) is 1. The lowest BCUT2D eigenvalue weighted by Crippen LogP contribution is -2.39. The first-order chi connectivity index (χ1) is 12.9. The maximum Gasteiger partial charge on any atom is 0.323 e. The van der Waals surface area contributed by atoms with Gasteiger partial charge in [-0.15, -0.1) is 11.3 Å². The molecule has 1 aromatic carbocycles. The van der Waals surface area contributed by atoms with Crippen LogP contribution in [-0.4, -0.2) is 44.0 Å². The van der Waals surface area contributed by atoms with Gasteiger partial charge in [-0.3, -0.25) is 14.9 Å². The van der Waals surface area contributed by atoms with Crippen molar-refractivity contribution in [1.29, 1.82) is 0 Å². The number of imide groups is 1. The average Bonchev–Trinajstić information content (AvgIpc) is 3.21. The van der Waals surface area contributed by atoms with Gasteiger partial charge >= 0.3 is 6.03 Å². The number of methoxy groups -OCH3 is 1. The second kappa shape index (κ2) is 7.79. The van der Waals surface area contributed by atoms with Gasteiger partial charge in [-0.05, 0) is 37.0 Å². The Kier molecular flexibility index (Phi) is 5.46. The van der Waals surface area contributed by atoms with E-state index in [2.05, 4.69) is 10.6 Å². The summed E-state index contributed by atoms with van der Waals surface area (Å²) >= 11 is 1.39. The Morgan fingerprint density at radius 2 is 1.85 bits per heavy atom. The molecule has 1 heterocycles. The van der Waals surface area contributed by atoms with Crippen LogP contribution >= 0.6 is 11.3 Å². The monoisotopic (exact) mass is 387 g/mol. The van der Waals surface area contributed by atoms with E-state index in [0.717, 1.165) is 29.7 Å². The standard InChI is InChI=1S/C19H21N3O4S/c1-22(2)19(25)21-17(24)15-12-8-6-10-14(12)27-18(15)20-16(23)11-7-4-5-9-13(11)26-3/h4-5,7,9H,6,8,10H2,1-3H3,(H,20,23)(H,21,24,25). The van der Waals surface area contributed by atoms with Crippen molar-refractivity contribution in [3.8, 4) is 5.75 Å². The van der Waals surface area contributed by atoms with Crippen LogP contribution in [0.2, 0.25) is 0 Å². The van der Waals surface area contributed by atoms with Crippen LogP contribution in [0.25, 0.3) is 0 Å². The lowest BCUT2D eigenvalue weighted by atomic mass is 10.1. The number of carbonyl (C=O) groups is 3. The summed E-state index contributed by atoms with van der Waals surface area (Å²) in [5.41, 5.74) is 1.68. The molecule has 4 amide bonds. The van der Waals surface area contributed by atoms with Crippen molar-refractivity contribution < 1.29 is 19.1 Å². The zero-order chi connectivity index (χ0) is 19.6. The summed E-state index contributed by atoms with van der Waals surface area (Å²) in [7, 11) is 4.62. The number of hydrogen-bond acceptors (Lipinski definition) is 5. The minimum atomic E-state index is -0.500. The molecule has 27 heavy (non-hydrogen) atoms. The van der Waals surface area contributed by atoms with E-state index in [-0.39, 0.29) is 5.91 Å². The van der Waals surface area contributed by atoms with E-state index >= 15 is 0 Å². The van der Waals surface area contributed by atoms with E-state index in [1.54, 1.807) is 38.4 Å². The van der Waals surface area contributed by atoms with E-state index < -0.39 is 11.9 Å². The molecule has 1 aliphatic rings. The number of nitrogens with zero attached hydrogens (tertiary/aromatic N) is 1. The van der Waals surface area contributed by atoms with Gasteiger partial charge in [0.1, 0.15) is 10.8 Å². The zero-order valence-electron chi connectivity index (χ0n) is 15.4. The van der Waals surface area contributed by atoms with Crippen LogP contribution in [0.1, 0.15) is 37.6 Å². The summed E-state index contributed by atoms with van der Waals surface area (Å²) in [6, 6.07) is 6.38. The molecular formula is C19H21N3O4S. The zero-order valence-corrected chi connectivity index (χ0v) is 16.2. The first-order valence-corrected chi connectivity index (χ1v) is 9.35. The molecule has 2 N–H and O–H groups in total. The van der Waals surface area contributed by atoms with Crippen molar-refractivity contribution in [3.63, 3.8) is 0 Å². The highest BCUT2D eigenvalue weighted by Gasteiger charge is 2.29. The molecule has 0 saturated carbocycles. The summed E-state index contributed by atoms with van der Waals surface area (Å²) in [4.78, 5) is 39.7. The van der Waals surface area contributed by atoms with Gasteiger partial charge in [0.2, 0.25) is 0 Å². The maximum absolute atomic E-state index is 12.7. The number of rotatable bonds is 4. The Labute approximate surface area is 161 Å². The second-order valence-corrected chi connectivity index (χ2v) is 7.47. The van der Waals surface area contributed by atoms with Gasteiger partial charge in [-0.2, -0.15) is 0 Å². The van der Waals surface area contributed by atoms with E-state index in [4.69, 9.17) is 4.74 Å². The fourth-order valence-electron chi connectivity index (χ4n) is 3.01. The van der Waals surface area contributed by atoms with E-state index in [1.165, 1.54) is 23.3 Å². The van der Waals surface area contributed by atoms with Crippen molar-refractivity contribution in [2.45, 2.75) is 19.3 Å². The molecule has 7 nitrogen and oxygen atoms in total. The van der Waals surface area contributed by atoms with Crippen LogP contribution in [0.4, 0.5) is 9.80 Å². The molecule has 1 aromatic heterocycles. The minimum Gasteiger partial charge on any atom is -0.496 e. The predicted octanol–water partition coefficient (Wildman–Crippen LogP) is 2.91. The maximum atomic E-state index is 12.7. The SMILES string of the molecule is COc1ccccc1C(=O)Nc1sc2c(c1C(=O)NC(=O)N(C)C)CCC2. The number of urea groups is 1. The van der Waals surface area contributed by atoms with Gasteiger partial charge < -0.3 is 15.0 Å². The Morgan fingerprint density at radius 1 is 1.11 bits per heavy atom. The van der Waals surface area contributed by atoms with Crippen LogP contribution in [0.5, 0.6) is 5.75 Å². The molecule has 0 aliphatic heterocycles. The Bertz CT molecular complexity index is 904. The van der Waals surface area contributed by atoms with E-state index in [1.807, 2.05) is 0 Å². The Morgan fingerprint density at radius 3 is 2.56 bits per heavy atom. The molecule has 0 atom stereocenters. The normalized spacial score (nSPS) is 12.3. The summed E-state index contributed by atoms with van der Waals surface area (Å²) in [6.45, 7) is 0. The van der Waals surface area contributed by atoms with Crippen molar-refractivity contribution in [3.05, 3.63) is 45.8 Å². The molecule has 0 spiro atoms. The fourth-order valence-corrected chi connectivity index (χ4v) is 4.29. The minimum absolute atomic E-state index is 0.361. The average molecular weight is 387 g/mol. The quantitative estimate of drug-likeness (QED) is 0.844. The number of thiophene rings is 1. The fraction of sp³-hybridized carbons (Fsp3) is 0.316. The predicted molar refractivity (Wildman–Crippen MR) is 104 cm³/mol. The third-order valence-electron chi connectivity index (χ3n) is 4.35. The van der Waals surface area contributed by atoms with Crippen molar-refractivity contribution in [2.75, 3.05) is 26.5 Å². The molecular weight excluding hydrogens is 366 g/mol. The van der Waals surface area contributed by atoms with Gasteiger partial charge in [-0.25, -0.2) is 4.79 Å². The lowest BCUT2D eigenvalue weighted by Gasteiger charge is -2.13. The number of hydrogen-bond donors (Lipinski definition) is 2. The van der Waals surface area contributed by atoms with Crippen LogP contribution in [-0.2, 0) is 12.8 Å². The number of carbonyl (C=O) groups excluding carboxylic acids is 3. The smallest absolute Gasteiger partial charge is 0.323 e. The third-order valence-corrected chi connectivity index (χ3v) is 5.56. The summed E-state index contributed by atoms with van der Waals surface area (Å²) in [5.74, 6) is -0.406. The van der Waals surface area contributed by atoms with Crippen LogP contribution < -0.4 is 15.4 Å². The highest BCUT2D eigenvalue weighted by Crippen LogP contribution is 2.39. The van der Waals surface area contributed by atoms with Crippen molar-refractivity contribution in [1.82, 2.24) is 10.2 Å². The molecule has 0 saturated heterocycles. The number of aryl methyl sites for hydroxylation is 1. The molecule has 1 aliphatic carbocycles. The number of para-hydroxylation sites is 1. The van der Waals surface area contributed by atoms with E-state index in [9.17, 15) is 14.4 Å². The second-order valence-electron chi connectivity index (χ2n) is 6.37. The Balaban J connectivity index is 1.91. The topological polar surface area (TPSA) is 87.7 Å². The molecule has 3 rings (SSSR count).